The Bertz CT molecular complexity index is 2580. The molecule has 0 fully saturated rings. The third-order valence-electron chi connectivity index (χ3n) is 11.2. The molecule has 0 bridgehead atoms. The highest BCUT2D eigenvalue weighted by Crippen LogP contribution is 2.42. The first-order valence-electron chi connectivity index (χ1n) is 22.6. The maximum atomic E-state index is 11.4. The number of hydrogen-bond donors (Lipinski definition) is 1. The van der Waals surface area contributed by atoms with Gasteiger partial charge in [0.25, 0.3) is 0 Å². The molecule has 0 amide bonds. The van der Waals surface area contributed by atoms with Gasteiger partial charge in [-0.15, -0.1) is 22.7 Å². The summed E-state index contributed by atoms with van der Waals surface area (Å²) in [5.41, 5.74) is 7.34. The molecular weight excluding hydrogens is 833 g/mol. The number of rotatable bonds is 24. The summed E-state index contributed by atoms with van der Waals surface area (Å²) in [6.45, 7) is 5.95. The normalized spacial score (nSPS) is 11.4. The number of thiophene rings is 2. The molecule has 4 aromatic carbocycles. The van der Waals surface area contributed by atoms with Crippen LogP contribution in [0.5, 0.6) is 11.5 Å². The Morgan fingerprint density at radius 2 is 1.05 bits per heavy atom. The predicted molar refractivity (Wildman–Crippen MR) is 265 cm³/mol. The van der Waals surface area contributed by atoms with E-state index in [9.17, 15) is 15.2 Å². The van der Waals surface area contributed by atoms with Crippen LogP contribution >= 0.6 is 22.7 Å². The Labute approximate surface area is 385 Å². The Hall–Kier alpha value is -6.28. The molecule has 328 valence electrons. The van der Waals surface area contributed by atoms with Crippen molar-refractivity contribution in [3.05, 3.63) is 132 Å². The number of nitriles is 1. The summed E-state index contributed by atoms with van der Waals surface area (Å²) in [4.78, 5) is 27.0. The third-order valence-corrected chi connectivity index (χ3v) is 13.4. The number of aliphatic carboxylic acids is 1. The number of carbonyl (C=O) groups is 1. The lowest BCUT2D eigenvalue weighted by Gasteiger charge is -2.26. The minimum Gasteiger partial charge on any atom is -0.494 e. The summed E-state index contributed by atoms with van der Waals surface area (Å²) < 4.78 is 12.3. The van der Waals surface area contributed by atoms with Crippen molar-refractivity contribution in [2.45, 2.75) is 90.9 Å². The number of fused-ring (bicyclic) bond motifs is 1. The number of nitrogens with zero attached hydrogens (tertiary/aromatic N) is 4. The number of anilines is 3. The largest absolute Gasteiger partial charge is 0.494 e. The fraction of sp³-hybridized carbons (Fsp3) is 0.296. The average Bonchev–Trinajstić information content (AvgIpc) is 4.02. The molecule has 0 aliphatic carbocycles. The standard InChI is InChI=1S/C54H56N4O4S2/c1-3-5-7-9-11-13-35-61-44-23-19-42(20-24-44)58(43-21-25-45(26-22-43)62-36-14-12-10-8-6-4-2)41-17-15-39(16-18-41)49-31-32-51(64-49)48-29-28-47(52-53(48)57-34-33-56-52)50-30-27-46(63-50)37-40(38-55)54(59)60/h15-34,37H,3-14,35-36H2,1-2H3,(H,59,60)/b40-37-. The van der Waals surface area contributed by atoms with Crippen LogP contribution in [0.15, 0.2) is 127 Å². The van der Waals surface area contributed by atoms with Gasteiger partial charge in [-0.05, 0) is 109 Å². The maximum Gasteiger partial charge on any atom is 0.346 e. The Kier molecular flexibility index (Phi) is 16.7. The van der Waals surface area contributed by atoms with Gasteiger partial charge in [0.15, 0.2) is 0 Å². The van der Waals surface area contributed by atoms with Crippen LogP contribution in [0.1, 0.15) is 95.8 Å². The second kappa shape index (κ2) is 23.4. The van der Waals surface area contributed by atoms with Crippen molar-refractivity contribution in [2.24, 2.45) is 0 Å². The maximum absolute atomic E-state index is 11.4. The first kappa shape index (κ1) is 45.7. The summed E-state index contributed by atoms with van der Waals surface area (Å²) in [5, 5.41) is 18.6. The Morgan fingerprint density at radius 3 is 1.55 bits per heavy atom. The van der Waals surface area contributed by atoms with Gasteiger partial charge in [0.2, 0.25) is 0 Å². The first-order chi connectivity index (χ1) is 31.4. The van der Waals surface area contributed by atoms with Gasteiger partial charge in [-0.25, -0.2) is 4.79 Å². The molecule has 0 atom stereocenters. The molecule has 1 N–H and O–H groups in total. The molecule has 7 aromatic rings. The van der Waals surface area contributed by atoms with Gasteiger partial charge in [0.1, 0.15) is 23.1 Å². The van der Waals surface area contributed by atoms with Crippen LogP contribution in [0, 0.1) is 11.3 Å². The van der Waals surface area contributed by atoms with E-state index >= 15 is 0 Å². The number of unbranched alkanes of at least 4 members (excludes halogenated alkanes) is 10. The summed E-state index contributed by atoms with van der Waals surface area (Å²) in [5.74, 6) is 0.519. The van der Waals surface area contributed by atoms with E-state index in [4.69, 9.17) is 19.4 Å². The van der Waals surface area contributed by atoms with Crippen LogP contribution in [0.3, 0.4) is 0 Å². The molecule has 3 heterocycles. The van der Waals surface area contributed by atoms with E-state index in [0.717, 1.165) is 97.0 Å². The lowest BCUT2D eigenvalue weighted by atomic mass is 10.1. The summed E-state index contributed by atoms with van der Waals surface area (Å²) >= 11 is 3.11. The smallest absolute Gasteiger partial charge is 0.346 e. The molecule has 0 radical (unpaired) electrons. The zero-order valence-corrected chi connectivity index (χ0v) is 38.4. The van der Waals surface area contributed by atoms with Crippen molar-refractivity contribution in [3.8, 4) is 48.9 Å². The van der Waals surface area contributed by atoms with Gasteiger partial charge in [-0.2, -0.15) is 5.26 Å². The first-order valence-corrected chi connectivity index (χ1v) is 24.2. The SMILES string of the molecule is CCCCCCCCOc1ccc(N(c2ccc(OCCCCCCCC)cc2)c2ccc(-c3ccc(-c4ccc(-c5ccc(/C=C(/C#N)C(=O)O)s5)c5nccnc45)s3)cc2)cc1. The number of hydrogen-bond acceptors (Lipinski definition) is 9. The highest BCUT2D eigenvalue weighted by molar-refractivity contribution is 7.19. The number of carboxylic acid groups (broad SMARTS) is 1. The number of carboxylic acids is 1. The van der Waals surface area contributed by atoms with Gasteiger partial charge < -0.3 is 19.5 Å². The Balaban J connectivity index is 1.09. The molecule has 0 saturated heterocycles. The molecule has 0 aliphatic heterocycles. The van der Waals surface area contributed by atoms with Crippen LogP contribution in [0.4, 0.5) is 17.1 Å². The molecule has 8 nitrogen and oxygen atoms in total. The molecule has 7 rings (SSSR count). The van der Waals surface area contributed by atoms with Crippen molar-refractivity contribution in [1.29, 1.82) is 5.26 Å². The minimum absolute atomic E-state index is 0.308. The quantitative estimate of drug-likeness (QED) is 0.0363. The van der Waals surface area contributed by atoms with E-state index < -0.39 is 5.97 Å². The second-order valence-corrected chi connectivity index (χ2v) is 18.1. The highest BCUT2D eigenvalue weighted by Gasteiger charge is 2.17. The third kappa shape index (κ3) is 12.0. The highest BCUT2D eigenvalue weighted by atomic mass is 32.1. The fourth-order valence-corrected chi connectivity index (χ4v) is 9.72. The molecule has 64 heavy (non-hydrogen) atoms. The fourth-order valence-electron chi connectivity index (χ4n) is 7.70. The van der Waals surface area contributed by atoms with Gasteiger partial charge >= 0.3 is 5.97 Å². The predicted octanol–water partition coefficient (Wildman–Crippen LogP) is 15.7. The minimum atomic E-state index is -1.25. The summed E-state index contributed by atoms with van der Waals surface area (Å²) in [6.07, 6.45) is 19.6. The van der Waals surface area contributed by atoms with Crippen molar-refractivity contribution >= 4 is 62.8 Å². The Morgan fingerprint density at radius 1 is 0.594 bits per heavy atom. The molecule has 0 saturated carbocycles. The van der Waals surface area contributed by atoms with Crippen LogP contribution < -0.4 is 14.4 Å². The van der Waals surface area contributed by atoms with E-state index in [1.54, 1.807) is 29.8 Å². The van der Waals surface area contributed by atoms with Crippen molar-refractivity contribution in [2.75, 3.05) is 18.1 Å². The molecule has 0 unspecified atom stereocenters. The van der Waals surface area contributed by atoms with Crippen molar-refractivity contribution in [1.82, 2.24) is 9.97 Å². The second-order valence-electron chi connectivity index (χ2n) is 15.9. The topological polar surface area (TPSA) is 109 Å². The number of benzene rings is 4. The molecule has 3 aromatic heterocycles. The van der Waals surface area contributed by atoms with Gasteiger partial charge in [-0.1, -0.05) is 102 Å². The lowest BCUT2D eigenvalue weighted by molar-refractivity contribution is -0.132. The molecular formula is C54H56N4O4S2. The van der Waals surface area contributed by atoms with Gasteiger partial charge in [-0.3, -0.25) is 9.97 Å². The lowest BCUT2D eigenvalue weighted by Crippen LogP contribution is -2.10. The van der Waals surface area contributed by atoms with Crippen LogP contribution in [0.25, 0.3) is 48.4 Å². The number of ether oxygens (including phenoxy) is 2. The molecule has 0 spiro atoms. The van der Waals surface area contributed by atoms with Crippen LogP contribution in [-0.2, 0) is 4.79 Å². The zero-order valence-electron chi connectivity index (χ0n) is 36.8. The van der Waals surface area contributed by atoms with Gasteiger partial charge in [0, 0.05) is 60.1 Å². The van der Waals surface area contributed by atoms with E-state index in [-0.39, 0.29) is 5.57 Å². The zero-order chi connectivity index (χ0) is 44.5. The van der Waals surface area contributed by atoms with E-state index in [2.05, 4.69) is 110 Å². The summed E-state index contributed by atoms with van der Waals surface area (Å²) in [7, 11) is 0. The van der Waals surface area contributed by atoms with E-state index in [1.807, 2.05) is 18.2 Å². The van der Waals surface area contributed by atoms with Crippen molar-refractivity contribution < 1.29 is 19.4 Å². The van der Waals surface area contributed by atoms with Crippen LogP contribution in [-0.4, -0.2) is 34.3 Å². The molecule has 10 heteroatoms. The summed E-state index contributed by atoms with van der Waals surface area (Å²) in [6, 6.07) is 39.4. The monoisotopic (exact) mass is 888 g/mol. The van der Waals surface area contributed by atoms with E-state index in [0.29, 0.717) is 4.88 Å². The van der Waals surface area contributed by atoms with Gasteiger partial charge in [0.05, 0.1) is 24.2 Å². The van der Waals surface area contributed by atoms with Crippen molar-refractivity contribution in [3.63, 3.8) is 0 Å². The average molecular weight is 889 g/mol. The number of aromatic nitrogens is 2. The van der Waals surface area contributed by atoms with E-state index in [1.165, 1.54) is 81.6 Å². The van der Waals surface area contributed by atoms with Crippen LogP contribution in [0.2, 0.25) is 0 Å². The molecule has 0 aliphatic rings.